The Bertz CT molecular complexity index is 243. The van der Waals surface area contributed by atoms with E-state index in [-0.39, 0.29) is 0 Å². The summed E-state index contributed by atoms with van der Waals surface area (Å²) in [4.78, 5) is 4.89. The Balaban J connectivity index is 1.86. The molecule has 2 N–H and O–H groups in total. The van der Waals surface area contributed by atoms with Crippen molar-refractivity contribution in [3.8, 4) is 0 Å². The SMILES string of the molecule is CN1CCCN(C)C(C(N)CC2CCOCC2)C1. The van der Waals surface area contributed by atoms with Crippen LogP contribution in [-0.2, 0) is 4.74 Å². The first kappa shape index (κ1) is 14.3. The molecule has 0 aromatic carbocycles. The van der Waals surface area contributed by atoms with Gasteiger partial charge in [-0.2, -0.15) is 0 Å². The van der Waals surface area contributed by atoms with Crippen LogP contribution in [0.1, 0.15) is 25.7 Å². The highest BCUT2D eigenvalue weighted by Gasteiger charge is 2.28. The van der Waals surface area contributed by atoms with E-state index in [0.29, 0.717) is 12.1 Å². The maximum atomic E-state index is 6.49. The molecule has 0 aromatic rings. The molecule has 2 rings (SSSR count). The second kappa shape index (κ2) is 6.85. The summed E-state index contributed by atoms with van der Waals surface area (Å²) in [5, 5.41) is 0. The number of hydrogen-bond acceptors (Lipinski definition) is 4. The van der Waals surface area contributed by atoms with E-state index in [2.05, 4.69) is 23.9 Å². The van der Waals surface area contributed by atoms with E-state index in [4.69, 9.17) is 10.5 Å². The Labute approximate surface area is 111 Å². The minimum absolute atomic E-state index is 0.304. The van der Waals surface area contributed by atoms with Crippen molar-refractivity contribution >= 4 is 0 Å². The van der Waals surface area contributed by atoms with Gasteiger partial charge in [-0.05, 0) is 58.8 Å². The molecule has 106 valence electrons. The molecule has 2 saturated heterocycles. The molecule has 0 radical (unpaired) electrons. The lowest BCUT2D eigenvalue weighted by atomic mass is 9.89. The van der Waals surface area contributed by atoms with E-state index in [9.17, 15) is 0 Å². The molecule has 0 bridgehead atoms. The number of hydrogen-bond donors (Lipinski definition) is 1. The Morgan fingerprint density at radius 3 is 2.67 bits per heavy atom. The number of likely N-dealkylation sites (N-methyl/N-ethyl adjacent to an activating group) is 2. The molecule has 2 heterocycles. The van der Waals surface area contributed by atoms with Gasteiger partial charge >= 0.3 is 0 Å². The van der Waals surface area contributed by atoms with Crippen molar-refractivity contribution in [2.24, 2.45) is 11.7 Å². The van der Waals surface area contributed by atoms with Crippen LogP contribution in [0, 0.1) is 5.92 Å². The van der Waals surface area contributed by atoms with E-state index < -0.39 is 0 Å². The molecular weight excluding hydrogens is 226 g/mol. The van der Waals surface area contributed by atoms with E-state index in [1.165, 1.54) is 32.4 Å². The number of nitrogens with zero attached hydrogens (tertiary/aromatic N) is 2. The maximum Gasteiger partial charge on any atom is 0.0468 e. The predicted octanol–water partition coefficient (Wildman–Crippen LogP) is 0.766. The van der Waals surface area contributed by atoms with Crippen molar-refractivity contribution < 1.29 is 4.74 Å². The van der Waals surface area contributed by atoms with Crippen molar-refractivity contribution in [2.75, 3.05) is 46.9 Å². The minimum atomic E-state index is 0.304. The van der Waals surface area contributed by atoms with Crippen molar-refractivity contribution in [3.05, 3.63) is 0 Å². The van der Waals surface area contributed by atoms with Gasteiger partial charge < -0.3 is 20.3 Å². The topological polar surface area (TPSA) is 41.7 Å². The molecule has 4 heteroatoms. The highest BCUT2D eigenvalue weighted by atomic mass is 16.5. The number of nitrogens with two attached hydrogens (primary N) is 1. The summed E-state index contributed by atoms with van der Waals surface area (Å²) >= 11 is 0. The lowest BCUT2D eigenvalue weighted by molar-refractivity contribution is 0.0571. The van der Waals surface area contributed by atoms with Crippen LogP contribution in [0.2, 0.25) is 0 Å². The summed E-state index contributed by atoms with van der Waals surface area (Å²) in [6.07, 6.45) is 4.81. The molecule has 0 aromatic heterocycles. The average molecular weight is 255 g/mol. The van der Waals surface area contributed by atoms with Crippen LogP contribution >= 0.6 is 0 Å². The van der Waals surface area contributed by atoms with E-state index in [1.54, 1.807) is 0 Å². The van der Waals surface area contributed by atoms with Gasteiger partial charge in [-0.3, -0.25) is 0 Å². The summed E-state index contributed by atoms with van der Waals surface area (Å²) in [6, 6.07) is 0.819. The molecule has 2 aliphatic heterocycles. The zero-order valence-corrected chi connectivity index (χ0v) is 12.0. The normalized spacial score (nSPS) is 31.2. The lowest BCUT2D eigenvalue weighted by Gasteiger charge is -2.35. The molecule has 0 aliphatic carbocycles. The van der Waals surface area contributed by atoms with Gasteiger partial charge in [0, 0.05) is 31.8 Å². The summed E-state index contributed by atoms with van der Waals surface area (Å²) in [5.41, 5.74) is 6.49. The molecular formula is C14H29N3O. The zero-order valence-electron chi connectivity index (χ0n) is 12.0. The Morgan fingerprint density at radius 1 is 1.22 bits per heavy atom. The van der Waals surface area contributed by atoms with Crippen molar-refractivity contribution in [2.45, 2.75) is 37.8 Å². The largest absolute Gasteiger partial charge is 0.381 e. The van der Waals surface area contributed by atoms with Crippen molar-refractivity contribution in [1.82, 2.24) is 9.80 Å². The van der Waals surface area contributed by atoms with Crippen LogP contribution in [0.25, 0.3) is 0 Å². The average Bonchev–Trinajstić information content (AvgIpc) is 2.52. The van der Waals surface area contributed by atoms with Crippen LogP contribution in [0.5, 0.6) is 0 Å². The first-order valence-corrected chi connectivity index (χ1v) is 7.39. The molecule has 2 unspecified atom stereocenters. The molecule has 2 atom stereocenters. The fourth-order valence-electron chi connectivity index (χ4n) is 3.29. The van der Waals surface area contributed by atoms with Gasteiger partial charge in [0.25, 0.3) is 0 Å². The summed E-state index contributed by atoms with van der Waals surface area (Å²) in [7, 11) is 4.45. The number of rotatable bonds is 3. The maximum absolute atomic E-state index is 6.49. The second-order valence-corrected chi connectivity index (χ2v) is 6.12. The zero-order chi connectivity index (χ0) is 13.0. The minimum Gasteiger partial charge on any atom is -0.381 e. The first-order chi connectivity index (χ1) is 8.66. The molecule has 4 nitrogen and oxygen atoms in total. The van der Waals surface area contributed by atoms with Crippen LogP contribution in [0.15, 0.2) is 0 Å². The van der Waals surface area contributed by atoms with E-state index in [0.717, 1.165) is 32.1 Å². The van der Waals surface area contributed by atoms with Gasteiger partial charge in [-0.25, -0.2) is 0 Å². The molecule has 0 saturated carbocycles. The van der Waals surface area contributed by atoms with Gasteiger partial charge in [0.05, 0.1) is 0 Å². The fourth-order valence-corrected chi connectivity index (χ4v) is 3.29. The summed E-state index contributed by atoms with van der Waals surface area (Å²) < 4.78 is 5.43. The Kier molecular flexibility index (Phi) is 5.42. The van der Waals surface area contributed by atoms with Crippen molar-refractivity contribution in [1.29, 1.82) is 0 Å². The Morgan fingerprint density at radius 2 is 1.94 bits per heavy atom. The molecule has 0 spiro atoms. The molecule has 0 amide bonds. The molecule has 18 heavy (non-hydrogen) atoms. The van der Waals surface area contributed by atoms with Gasteiger partial charge in [-0.1, -0.05) is 0 Å². The second-order valence-electron chi connectivity index (χ2n) is 6.12. The Hall–Kier alpha value is -0.160. The highest BCUT2D eigenvalue weighted by Crippen LogP contribution is 2.22. The monoisotopic (exact) mass is 255 g/mol. The third-order valence-corrected chi connectivity index (χ3v) is 4.56. The smallest absolute Gasteiger partial charge is 0.0468 e. The van der Waals surface area contributed by atoms with Crippen LogP contribution in [0.4, 0.5) is 0 Å². The van der Waals surface area contributed by atoms with Crippen LogP contribution < -0.4 is 5.73 Å². The predicted molar refractivity (Wildman–Crippen MR) is 74.7 cm³/mol. The van der Waals surface area contributed by atoms with Gasteiger partial charge in [-0.15, -0.1) is 0 Å². The summed E-state index contributed by atoms with van der Waals surface area (Å²) in [6.45, 7) is 5.35. The highest BCUT2D eigenvalue weighted by molar-refractivity contribution is 4.87. The first-order valence-electron chi connectivity index (χ1n) is 7.39. The fraction of sp³-hybridized carbons (Fsp3) is 1.00. The van der Waals surface area contributed by atoms with Crippen molar-refractivity contribution in [3.63, 3.8) is 0 Å². The quantitative estimate of drug-likeness (QED) is 0.809. The van der Waals surface area contributed by atoms with Crippen LogP contribution in [-0.4, -0.2) is 68.8 Å². The van der Waals surface area contributed by atoms with Gasteiger partial charge in [0.1, 0.15) is 0 Å². The van der Waals surface area contributed by atoms with Crippen LogP contribution in [0.3, 0.4) is 0 Å². The van der Waals surface area contributed by atoms with Gasteiger partial charge in [0.15, 0.2) is 0 Å². The molecule has 2 fully saturated rings. The third-order valence-electron chi connectivity index (χ3n) is 4.56. The third kappa shape index (κ3) is 3.92. The number of ether oxygens (including phenoxy) is 1. The molecule has 2 aliphatic rings. The standard InChI is InChI=1S/C14H29N3O/c1-16-6-3-7-17(2)14(11-16)13(15)10-12-4-8-18-9-5-12/h12-14H,3-11,15H2,1-2H3. The van der Waals surface area contributed by atoms with E-state index in [1.807, 2.05) is 0 Å². The van der Waals surface area contributed by atoms with Gasteiger partial charge in [0.2, 0.25) is 0 Å². The summed E-state index contributed by atoms with van der Waals surface area (Å²) in [5.74, 6) is 0.774. The lowest BCUT2D eigenvalue weighted by Crippen LogP contribution is -2.51. The van der Waals surface area contributed by atoms with E-state index >= 15 is 0 Å².